The van der Waals surface area contributed by atoms with E-state index in [2.05, 4.69) is 21.2 Å². The van der Waals surface area contributed by atoms with Crippen LogP contribution in [0.1, 0.15) is 18.4 Å². The first-order valence-corrected chi connectivity index (χ1v) is 6.33. The molecule has 1 aromatic rings. The first-order chi connectivity index (χ1) is 7.66. The lowest BCUT2D eigenvalue weighted by atomic mass is 9.90. The SMILES string of the molecule is Oc1c(Br)cc(F)cc1CC1CCNCC1. The number of halogens is 2. The first-order valence-electron chi connectivity index (χ1n) is 5.54. The van der Waals surface area contributed by atoms with Gasteiger partial charge in [-0.25, -0.2) is 4.39 Å². The smallest absolute Gasteiger partial charge is 0.133 e. The summed E-state index contributed by atoms with van der Waals surface area (Å²) in [5, 5.41) is 13.1. The Morgan fingerprint density at radius 2 is 2.06 bits per heavy atom. The normalized spacial score (nSPS) is 17.6. The van der Waals surface area contributed by atoms with Crippen LogP contribution in [0.4, 0.5) is 4.39 Å². The second kappa shape index (κ2) is 5.15. The molecule has 0 atom stereocenters. The summed E-state index contributed by atoms with van der Waals surface area (Å²) in [5.41, 5.74) is 0.707. The molecule has 1 aromatic carbocycles. The van der Waals surface area contributed by atoms with Gasteiger partial charge in [0.25, 0.3) is 0 Å². The summed E-state index contributed by atoms with van der Waals surface area (Å²) >= 11 is 3.16. The van der Waals surface area contributed by atoms with Crippen LogP contribution < -0.4 is 5.32 Å². The highest BCUT2D eigenvalue weighted by Gasteiger charge is 2.17. The Balaban J connectivity index is 2.13. The van der Waals surface area contributed by atoms with Crippen LogP contribution in [0.15, 0.2) is 16.6 Å². The van der Waals surface area contributed by atoms with Gasteiger partial charge in [-0.15, -0.1) is 0 Å². The topological polar surface area (TPSA) is 32.3 Å². The predicted octanol–water partition coefficient (Wildman–Crippen LogP) is 2.84. The fourth-order valence-electron chi connectivity index (χ4n) is 2.17. The average molecular weight is 288 g/mol. The number of phenols is 1. The zero-order chi connectivity index (χ0) is 11.5. The molecule has 16 heavy (non-hydrogen) atoms. The van der Waals surface area contributed by atoms with Gasteiger partial charge in [0.1, 0.15) is 11.6 Å². The fourth-order valence-corrected chi connectivity index (χ4v) is 2.65. The average Bonchev–Trinajstić information content (AvgIpc) is 2.27. The van der Waals surface area contributed by atoms with Gasteiger partial charge in [-0.1, -0.05) is 0 Å². The van der Waals surface area contributed by atoms with Gasteiger partial charge in [0.05, 0.1) is 4.47 Å². The van der Waals surface area contributed by atoms with E-state index < -0.39 is 0 Å². The highest BCUT2D eigenvalue weighted by molar-refractivity contribution is 9.10. The molecule has 2 N–H and O–H groups in total. The Hall–Kier alpha value is -0.610. The second-order valence-electron chi connectivity index (χ2n) is 4.29. The summed E-state index contributed by atoms with van der Waals surface area (Å²) in [5.74, 6) is 0.425. The van der Waals surface area contributed by atoms with Crippen LogP contribution in [0.3, 0.4) is 0 Å². The minimum Gasteiger partial charge on any atom is -0.506 e. The number of aromatic hydroxyl groups is 1. The number of hydrogen-bond acceptors (Lipinski definition) is 2. The zero-order valence-electron chi connectivity index (χ0n) is 8.97. The highest BCUT2D eigenvalue weighted by atomic mass is 79.9. The molecule has 1 heterocycles. The standard InChI is InChI=1S/C12H15BrFNO/c13-11-7-10(14)6-9(12(11)16)5-8-1-3-15-4-2-8/h6-8,15-16H,1-5H2. The minimum absolute atomic E-state index is 0.180. The van der Waals surface area contributed by atoms with E-state index in [4.69, 9.17) is 0 Å². The molecule has 2 nitrogen and oxygen atoms in total. The number of piperidine rings is 1. The molecule has 0 bridgehead atoms. The summed E-state index contributed by atoms with van der Waals surface area (Å²) in [6.07, 6.45) is 2.94. The third-order valence-corrected chi connectivity index (χ3v) is 3.68. The molecule has 0 radical (unpaired) electrons. The molecule has 0 unspecified atom stereocenters. The van der Waals surface area contributed by atoms with Crippen molar-refractivity contribution in [1.29, 1.82) is 0 Å². The van der Waals surface area contributed by atoms with Crippen molar-refractivity contribution in [3.8, 4) is 5.75 Å². The van der Waals surface area contributed by atoms with Crippen LogP contribution in [0, 0.1) is 11.7 Å². The van der Waals surface area contributed by atoms with Crippen LogP contribution >= 0.6 is 15.9 Å². The maximum absolute atomic E-state index is 13.2. The van der Waals surface area contributed by atoms with Gasteiger partial charge < -0.3 is 10.4 Å². The van der Waals surface area contributed by atoms with Crippen molar-refractivity contribution in [2.24, 2.45) is 5.92 Å². The van der Waals surface area contributed by atoms with Gasteiger partial charge in [-0.3, -0.25) is 0 Å². The lowest BCUT2D eigenvalue weighted by Gasteiger charge is -2.23. The Labute approximate surface area is 103 Å². The predicted molar refractivity (Wildman–Crippen MR) is 65.1 cm³/mol. The zero-order valence-corrected chi connectivity index (χ0v) is 10.6. The molecule has 1 aliphatic rings. The number of hydrogen-bond donors (Lipinski definition) is 2. The van der Waals surface area contributed by atoms with Crippen LogP contribution in [0.5, 0.6) is 5.75 Å². The molecule has 1 fully saturated rings. The second-order valence-corrected chi connectivity index (χ2v) is 5.15. The molecule has 0 amide bonds. The molecular formula is C12H15BrFNO. The van der Waals surface area contributed by atoms with Gasteiger partial charge in [0.15, 0.2) is 0 Å². The third-order valence-electron chi connectivity index (χ3n) is 3.07. The quantitative estimate of drug-likeness (QED) is 0.877. The monoisotopic (exact) mass is 287 g/mol. The summed E-state index contributed by atoms with van der Waals surface area (Å²) in [6.45, 7) is 2.03. The number of rotatable bonds is 2. The minimum atomic E-state index is -0.298. The molecule has 88 valence electrons. The molecule has 0 saturated carbocycles. The Bertz CT molecular complexity index is 378. The molecule has 2 rings (SSSR count). The fraction of sp³-hybridized carbons (Fsp3) is 0.500. The molecular weight excluding hydrogens is 273 g/mol. The summed E-state index contributed by atoms with van der Waals surface area (Å²) in [4.78, 5) is 0. The molecule has 1 saturated heterocycles. The van der Waals surface area contributed by atoms with E-state index in [9.17, 15) is 9.50 Å². The van der Waals surface area contributed by atoms with E-state index in [1.165, 1.54) is 12.1 Å². The summed E-state index contributed by atoms with van der Waals surface area (Å²) in [7, 11) is 0. The van der Waals surface area contributed by atoms with E-state index in [-0.39, 0.29) is 11.6 Å². The van der Waals surface area contributed by atoms with Crippen LogP contribution in [-0.4, -0.2) is 18.2 Å². The maximum atomic E-state index is 13.2. The van der Waals surface area contributed by atoms with Crippen molar-refractivity contribution in [2.45, 2.75) is 19.3 Å². The van der Waals surface area contributed by atoms with Gasteiger partial charge in [-0.05, 0) is 71.9 Å². The molecule has 0 aromatic heterocycles. The summed E-state index contributed by atoms with van der Waals surface area (Å²) < 4.78 is 13.6. The lowest BCUT2D eigenvalue weighted by Crippen LogP contribution is -2.28. The van der Waals surface area contributed by atoms with E-state index in [1.807, 2.05) is 0 Å². The van der Waals surface area contributed by atoms with Crippen molar-refractivity contribution in [3.05, 3.63) is 28.0 Å². The maximum Gasteiger partial charge on any atom is 0.133 e. The van der Waals surface area contributed by atoms with E-state index in [1.54, 1.807) is 0 Å². The molecule has 0 spiro atoms. The van der Waals surface area contributed by atoms with Crippen LogP contribution in [0.2, 0.25) is 0 Å². The lowest BCUT2D eigenvalue weighted by molar-refractivity contribution is 0.365. The first kappa shape index (κ1) is 11.9. The Morgan fingerprint density at radius 1 is 1.38 bits per heavy atom. The Kier molecular flexibility index (Phi) is 3.82. The van der Waals surface area contributed by atoms with Crippen molar-refractivity contribution in [1.82, 2.24) is 5.32 Å². The summed E-state index contributed by atoms with van der Waals surface area (Å²) in [6, 6.07) is 2.73. The van der Waals surface area contributed by atoms with E-state index in [0.29, 0.717) is 16.0 Å². The number of phenolic OH excluding ortho intramolecular Hbond substituents is 1. The van der Waals surface area contributed by atoms with Crippen molar-refractivity contribution in [3.63, 3.8) is 0 Å². The van der Waals surface area contributed by atoms with Gasteiger partial charge in [0, 0.05) is 0 Å². The molecule has 1 aliphatic heterocycles. The molecule has 0 aliphatic carbocycles. The van der Waals surface area contributed by atoms with Crippen molar-refractivity contribution in [2.75, 3.05) is 13.1 Å². The van der Waals surface area contributed by atoms with Gasteiger partial charge in [0.2, 0.25) is 0 Å². The number of benzene rings is 1. The number of nitrogens with one attached hydrogen (secondary N) is 1. The molecule has 4 heteroatoms. The van der Waals surface area contributed by atoms with E-state index in [0.717, 1.165) is 32.4 Å². The van der Waals surface area contributed by atoms with E-state index >= 15 is 0 Å². The van der Waals surface area contributed by atoms with Crippen molar-refractivity contribution >= 4 is 15.9 Å². The van der Waals surface area contributed by atoms with Crippen LogP contribution in [-0.2, 0) is 6.42 Å². The third kappa shape index (κ3) is 2.74. The van der Waals surface area contributed by atoms with Crippen molar-refractivity contribution < 1.29 is 9.50 Å². The van der Waals surface area contributed by atoms with Gasteiger partial charge >= 0.3 is 0 Å². The van der Waals surface area contributed by atoms with Gasteiger partial charge in [-0.2, -0.15) is 0 Å². The Morgan fingerprint density at radius 3 is 2.75 bits per heavy atom. The highest BCUT2D eigenvalue weighted by Crippen LogP contribution is 2.32. The largest absolute Gasteiger partial charge is 0.506 e. The van der Waals surface area contributed by atoms with Crippen LogP contribution in [0.25, 0.3) is 0 Å².